The predicted molar refractivity (Wildman–Crippen MR) is 75.8 cm³/mol. The molecule has 1 aromatic rings. The Kier molecular flexibility index (Phi) is 5.58. The minimum atomic E-state index is -1.51. The summed E-state index contributed by atoms with van der Waals surface area (Å²) in [7, 11) is 0. The van der Waals surface area contributed by atoms with Gasteiger partial charge in [0.1, 0.15) is 18.0 Å². The molecule has 0 amide bonds. The Morgan fingerprint density at radius 3 is 2.59 bits per heavy atom. The van der Waals surface area contributed by atoms with E-state index in [2.05, 4.69) is 0 Å². The van der Waals surface area contributed by atoms with E-state index < -0.39 is 29.2 Å². The van der Waals surface area contributed by atoms with Crippen molar-refractivity contribution in [3.05, 3.63) is 33.9 Å². The summed E-state index contributed by atoms with van der Waals surface area (Å²) in [6.45, 7) is 4.58. The summed E-state index contributed by atoms with van der Waals surface area (Å²) in [5.74, 6) is -0.722. The summed E-state index contributed by atoms with van der Waals surface area (Å²) in [6, 6.07) is 3.54. The molecule has 120 valence electrons. The molecule has 1 atom stereocenters. The van der Waals surface area contributed by atoms with E-state index in [1.54, 1.807) is 20.8 Å². The molecule has 0 radical (unpaired) electrons. The van der Waals surface area contributed by atoms with E-state index in [0.717, 1.165) is 12.1 Å². The lowest BCUT2D eigenvalue weighted by Crippen LogP contribution is -2.35. The molecule has 0 spiro atoms. The highest BCUT2D eigenvalue weighted by Gasteiger charge is 2.24. The summed E-state index contributed by atoms with van der Waals surface area (Å²) in [4.78, 5) is 32.3. The number of carbonyl (C=O) groups is 2. The summed E-state index contributed by atoms with van der Waals surface area (Å²) in [6.07, 6.45) is -1.18. The summed E-state index contributed by atoms with van der Waals surface area (Å²) in [5, 5.41) is 20.3. The van der Waals surface area contributed by atoms with E-state index in [1.807, 2.05) is 0 Å². The molecule has 1 N–H and O–H groups in total. The van der Waals surface area contributed by atoms with Gasteiger partial charge in [-0.3, -0.25) is 14.9 Å². The van der Waals surface area contributed by atoms with Gasteiger partial charge in [-0.05, 0) is 32.9 Å². The quantitative estimate of drug-likeness (QED) is 0.366. The third-order valence-electron chi connectivity index (χ3n) is 2.41. The predicted octanol–water partition coefficient (Wildman–Crippen LogP) is 1.49. The summed E-state index contributed by atoms with van der Waals surface area (Å²) < 4.78 is 10.1. The molecule has 0 heterocycles. The van der Waals surface area contributed by atoms with Gasteiger partial charge in [0.25, 0.3) is 5.69 Å². The molecule has 1 unspecified atom stereocenters. The number of benzene rings is 1. The maximum Gasteiger partial charge on any atom is 0.339 e. The van der Waals surface area contributed by atoms with Gasteiger partial charge in [0.05, 0.1) is 10.5 Å². The highest BCUT2D eigenvalue weighted by molar-refractivity contribution is 5.82. The largest absolute Gasteiger partial charge is 0.490 e. The third kappa shape index (κ3) is 5.13. The second-order valence-electron chi connectivity index (χ2n) is 5.46. The van der Waals surface area contributed by atoms with Crippen LogP contribution in [0.5, 0.6) is 5.75 Å². The van der Waals surface area contributed by atoms with Crippen molar-refractivity contribution >= 4 is 17.9 Å². The zero-order valence-electron chi connectivity index (χ0n) is 12.4. The number of aliphatic hydroxyl groups is 1. The Bertz CT molecular complexity index is 577. The van der Waals surface area contributed by atoms with Crippen LogP contribution in [0.2, 0.25) is 0 Å². The van der Waals surface area contributed by atoms with Crippen LogP contribution in [0.25, 0.3) is 0 Å². The standard InChI is InChI=1S/C14H17NO7/c1-14(2,3)22-13(18)12(17)8-21-10-4-5-11(15(19)20)9(6-10)7-16/h4-7,12,17H,8H2,1-3H3. The van der Waals surface area contributed by atoms with Crippen LogP contribution >= 0.6 is 0 Å². The second-order valence-corrected chi connectivity index (χ2v) is 5.46. The number of hydrogen-bond donors (Lipinski definition) is 1. The first-order valence-electron chi connectivity index (χ1n) is 6.41. The first kappa shape index (κ1) is 17.6. The molecule has 1 rings (SSSR count). The lowest BCUT2D eigenvalue weighted by molar-refractivity contribution is -0.385. The van der Waals surface area contributed by atoms with Crippen LogP contribution < -0.4 is 4.74 Å². The third-order valence-corrected chi connectivity index (χ3v) is 2.41. The van der Waals surface area contributed by atoms with Gasteiger partial charge in [0.15, 0.2) is 12.4 Å². The van der Waals surface area contributed by atoms with Crippen molar-refractivity contribution < 1.29 is 29.1 Å². The van der Waals surface area contributed by atoms with Gasteiger partial charge in [-0.1, -0.05) is 0 Å². The van der Waals surface area contributed by atoms with Crippen LogP contribution in [0.3, 0.4) is 0 Å². The number of rotatable bonds is 6. The lowest BCUT2D eigenvalue weighted by atomic mass is 10.2. The minimum absolute atomic E-state index is 0.121. The van der Waals surface area contributed by atoms with Crippen LogP contribution in [0.1, 0.15) is 31.1 Å². The normalized spacial score (nSPS) is 12.4. The van der Waals surface area contributed by atoms with Crippen LogP contribution in [0.15, 0.2) is 18.2 Å². The number of aldehydes is 1. The molecule has 0 aromatic heterocycles. The molecule has 1 aromatic carbocycles. The fourth-order valence-electron chi connectivity index (χ4n) is 1.50. The van der Waals surface area contributed by atoms with E-state index in [0.29, 0.717) is 6.29 Å². The van der Waals surface area contributed by atoms with Crippen molar-refractivity contribution in [2.75, 3.05) is 6.61 Å². The fraction of sp³-hybridized carbons (Fsp3) is 0.429. The number of hydrogen-bond acceptors (Lipinski definition) is 7. The maximum atomic E-state index is 11.5. The van der Waals surface area contributed by atoms with Gasteiger partial charge in [0.2, 0.25) is 0 Å². The Hall–Kier alpha value is -2.48. The molecule has 0 fully saturated rings. The number of carbonyl (C=O) groups excluding carboxylic acids is 2. The van der Waals surface area contributed by atoms with Gasteiger partial charge in [0, 0.05) is 6.07 Å². The van der Waals surface area contributed by atoms with Crippen molar-refractivity contribution in [3.8, 4) is 5.75 Å². The summed E-state index contributed by atoms with van der Waals surface area (Å²) in [5.41, 5.74) is -1.25. The van der Waals surface area contributed by atoms with Crippen molar-refractivity contribution in [1.29, 1.82) is 0 Å². The van der Waals surface area contributed by atoms with Gasteiger partial charge in [-0.25, -0.2) is 4.79 Å². The number of nitro benzene ring substituents is 1. The zero-order valence-corrected chi connectivity index (χ0v) is 12.4. The van der Waals surface area contributed by atoms with Gasteiger partial charge in [-0.2, -0.15) is 0 Å². The van der Waals surface area contributed by atoms with Crippen LogP contribution in [-0.4, -0.2) is 40.6 Å². The van der Waals surface area contributed by atoms with Gasteiger partial charge in [-0.15, -0.1) is 0 Å². The highest BCUT2D eigenvalue weighted by Crippen LogP contribution is 2.22. The molecule has 0 aliphatic carbocycles. The lowest BCUT2D eigenvalue weighted by Gasteiger charge is -2.21. The Morgan fingerprint density at radius 2 is 2.09 bits per heavy atom. The topological polar surface area (TPSA) is 116 Å². The van der Waals surface area contributed by atoms with Gasteiger partial charge >= 0.3 is 5.97 Å². The van der Waals surface area contributed by atoms with Crippen molar-refractivity contribution in [2.24, 2.45) is 0 Å². The number of nitrogens with zero attached hydrogens (tertiary/aromatic N) is 1. The number of ether oxygens (including phenoxy) is 2. The Balaban J connectivity index is 2.70. The van der Waals surface area contributed by atoms with E-state index in [4.69, 9.17) is 9.47 Å². The van der Waals surface area contributed by atoms with Gasteiger partial charge < -0.3 is 14.6 Å². The van der Waals surface area contributed by atoms with E-state index in [1.165, 1.54) is 6.07 Å². The molecule has 0 saturated carbocycles. The Labute approximate surface area is 126 Å². The second kappa shape index (κ2) is 6.99. The number of nitro groups is 1. The summed E-state index contributed by atoms with van der Waals surface area (Å²) >= 11 is 0. The molecule has 0 aliphatic rings. The maximum absolute atomic E-state index is 11.5. The molecule has 0 bridgehead atoms. The van der Waals surface area contributed by atoms with Crippen LogP contribution in [0.4, 0.5) is 5.69 Å². The highest BCUT2D eigenvalue weighted by atomic mass is 16.6. The monoisotopic (exact) mass is 311 g/mol. The molecule has 0 saturated heterocycles. The van der Waals surface area contributed by atoms with Crippen molar-refractivity contribution in [1.82, 2.24) is 0 Å². The smallest absolute Gasteiger partial charge is 0.339 e. The first-order chi connectivity index (χ1) is 10.1. The average Bonchev–Trinajstić information content (AvgIpc) is 2.42. The average molecular weight is 311 g/mol. The van der Waals surface area contributed by atoms with Crippen molar-refractivity contribution in [2.45, 2.75) is 32.5 Å². The van der Waals surface area contributed by atoms with Crippen LogP contribution in [-0.2, 0) is 9.53 Å². The van der Waals surface area contributed by atoms with E-state index >= 15 is 0 Å². The molecule has 8 nitrogen and oxygen atoms in total. The molecule has 8 heteroatoms. The van der Waals surface area contributed by atoms with Crippen LogP contribution in [0, 0.1) is 10.1 Å². The Morgan fingerprint density at radius 1 is 1.45 bits per heavy atom. The van der Waals surface area contributed by atoms with E-state index in [9.17, 15) is 24.8 Å². The molecular formula is C14H17NO7. The molecular weight excluding hydrogens is 294 g/mol. The SMILES string of the molecule is CC(C)(C)OC(=O)C(O)COc1ccc([N+](=O)[O-])c(C=O)c1. The zero-order chi connectivity index (χ0) is 16.9. The molecule has 22 heavy (non-hydrogen) atoms. The number of esters is 1. The van der Waals surface area contributed by atoms with Crippen molar-refractivity contribution in [3.63, 3.8) is 0 Å². The first-order valence-corrected chi connectivity index (χ1v) is 6.41. The fourth-order valence-corrected chi connectivity index (χ4v) is 1.50. The number of aliphatic hydroxyl groups excluding tert-OH is 1. The molecule has 0 aliphatic heterocycles. The minimum Gasteiger partial charge on any atom is -0.490 e. The van der Waals surface area contributed by atoms with E-state index in [-0.39, 0.29) is 17.0 Å².